The Morgan fingerprint density at radius 3 is 2.43 bits per heavy atom. The van der Waals surface area contributed by atoms with Crippen LogP contribution in [-0.4, -0.2) is 24.1 Å². The quantitative estimate of drug-likeness (QED) is 0.439. The minimum atomic E-state index is -4.66. The fourth-order valence-electron chi connectivity index (χ4n) is 2.63. The predicted molar refractivity (Wildman–Crippen MR) is 112 cm³/mol. The number of benzene rings is 2. The van der Waals surface area contributed by atoms with E-state index in [9.17, 15) is 22.8 Å². The lowest BCUT2D eigenvalue weighted by Gasteiger charge is -2.15. The van der Waals surface area contributed by atoms with Gasteiger partial charge in [-0.25, -0.2) is 0 Å². The highest BCUT2D eigenvalue weighted by atomic mass is 35.5. The molecular weight excluding hydrogens is 419 g/mol. The van der Waals surface area contributed by atoms with Crippen LogP contribution in [0.5, 0.6) is 0 Å². The molecule has 5 nitrogen and oxygen atoms in total. The van der Waals surface area contributed by atoms with Gasteiger partial charge in [-0.2, -0.15) is 13.2 Å². The molecule has 2 amide bonds. The Labute approximate surface area is 177 Å². The predicted octanol–water partition coefficient (Wildman–Crippen LogP) is 5.55. The fourth-order valence-corrected chi connectivity index (χ4v) is 2.85. The van der Waals surface area contributed by atoms with E-state index in [1.54, 1.807) is 24.3 Å². The van der Waals surface area contributed by atoms with Crippen LogP contribution in [-0.2, 0) is 15.8 Å². The molecule has 2 aromatic carbocycles. The molecule has 0 heterocycles. The number of amides is 2. The summed E-state index contributed by atoms with van der Waals surface area (Å²) in [7, 11) is 0. The Bertz CT molecular complexity index is 959. The summed E-state index contributed by atoms with van der Waals surface area (Å²) in [6, 6.07) is 9.70. The molecular formula is C21H21ClF3N3O2. The number of para-hydroxylation sites is 1. The van der Waals surface area contributed by atoms with Crippen molar-refractivity contribution in [3.8, 4) is 0 Å². The molecule has 0 unspecified atom stereocenters. The molecule has 0 aliphatic rings. The number of carbonyl (C=O) groups is 2. The van der Waals surface area contributed by atoms with Crippen LogP contribution in [0.2, 0.25) is 5.02 Å². The van der Waals surface area contributed by atoms with Crippen LogP contribution in [0.15, 0.2) is 47.5 Å². The molecule has 2 aromatic rings. The number of rotatable bonds is 7. The van der Waals surface area contributed by atoms with Gasteiger partial charge in [-0.15, -0.1) is 0 Å². The average molecular weight is 440 g/mol. The number of nitrogens with zero attached hydrogens (tertiary/aromatic N) is 1. The van der Waals surface area contributed by atoms with Crippen molar-refractivity contribution >= 4 is 40.5 Å². The molecule has 9 heteroatoms. The fraction of sp³-hybridized carbons (Fsp3) is 0.286. The van der Waals surface area contributed by atoms with E-state index in [1.165, 1.54) is 13.0 Å². The van der Waals surface area contributed by atoms with Gasteiger partial charge in [-0.1, -0.05) is 43.1 Å². The highest BCUT2D eigenvalue weighted by molar-refractivity contribution is 6.50. The number of nitrogens with one attached hydrogen (secondary N) is 2. The van der Waals surface area contributed by atoms with E-state index in [2.05, 4.69) is 15.6 Å². The third kappa shape index (κ3) is 6.32. The van der Waals surface area contributed by atoms with Gasteiger partial charge in [-0.05, 0) is 30.7 Å². The molecule has 2 rings (SSSR count). The van der Waals surface area contributed by atoms with Crippen LogP contribution in [0.4, 0.5) is 24.5 Å². The molecule has 0 saturated carbocycles. The Balaban J connectivity index is 2.41. The minimum absolute atomic E-state index is 0.0105. The van der Waals surface area contributed by atoms with Crippen molar-refractivity contribution in [1.82, 2.24) is 0 Å². The maximum absolute atomic E-state index is 13.1. The Kier molecular flexibility index (Phi) is 8.00. The standard InChI is InChI=1S/C21H21ClF3N3O2/c1-3-4-11-26-19(15-7-5-6-8-18(15)27-13(2)29)20(30)28-14-9-10-17(22)16(12-14)21(23,24)25/h5-10,12H,3-4,11H2,1-2H3,(H,27,29)(H,28,30). The van der Waals surface area contributed by atoms with Crippen molar-refractivity contribution in [2.75, 3.05) is 17.2 Å². The van der Waals surface area contributed by atoms with E-state index in [4.69, 9.17) is 11.6 Å². The van der Waals surface area contributed by atoms with Crippen LogP contribution < -0.4 is 10.6 Å². The third-order valence-electron chi connectivity index (χ3n) is 4.02. The lowest BCUT2D eigenvalue weighted by atomic mass is 10.1. The smallest absolute Gasteiger partial charge is 0.326 e. The van der Waals surface area contributed by atoms with E-state index in [0.29, 0.717) is 17.8 Å². The summed E-state index contributed by atoms with van der Waals surface area (Å²) in [6.45, 7) is 3.64. The van der Waals surface area contributed by atoms with Crippen LogP contribution in [0.25, 0.3) is 0 Å². The molecule has 160 valence electrons. The van der Waals surface area contributed by atoms with E-state index >= 15 is 0 Å². The summed E-state index contributed by atoms with van der Waals surface area (Å²) in [5.41, 5.74) is -0.368. The number of carbonyl (C=O) groups excluding carboxylic acids is 2. The van der Waals surface area contributed by atoms with Gasteiger partial charge in [0.15, 0.2) is 0 Å². The summed E-state index contributed by atoms with van der Waals surface area (Å²) >= 11 is 5.63. The molecule has 0 fully saturated rings. The molecule has 0 bridgehead atoms. The molecule has 2 N–H and O–H groups in total. The number of hydrogen-bond acceptors (Lipinski definition) is 3. The summed E-state index contributed by atoms with van der Waals surface area (Å²) in [5.74, 6) is -1.03. The minimum Gasteiger partial charge on any atom is -0.326 e. The van der Waals surface area contributed by atoms with Gasteiger partial charge in [-0.3, -0.25) is 14.6 Å². The molecule has 0 radical (unpaired) electrons. The van der Waals surface area contributed by atoms with Gasteiger partial charge in [0.25, 0.3) is 5.91 Å². The van der Waals surface area contributed by atoms with Crippen molar-refractivity contribution < 1.29 is 22.8 Å². The van der Waals surface area contributed by atoms with E-state index in [-0.39, 0.29) is 17.3 Å². The number of aliphatic imine (C=N–C) groups is 1. The summed E-state index contributed by atoms with van der Waals surface area (Å²) in [4.78, 5) is 28.8. The zero-order chi connectivity index (χ0) is 22.3. The number of anilines is 2. The number of unbranched alkanes of at least 4 members (excludes halogenated alkanes) is 1. The van der Waals surface area contributed by atoms with Crippen LogP contribution in [0.3, 0.4) is 0 Å². The summed E-state index contributed by atoms with van der Waals surface area (Å²) < 4.78 is 39.3. The van der Waals surface area contributed by atoms with E-state index < -0.39 is 22.7 Å². The lowest BCUT2D eigenvalue weighted by Crippen LogP contribution is -2.26. The van der Waals surface area contributed by atoms with Crippen molar-refractivity contribution in [3.05, 3.63) is 58.6 Å². The molecule has 0 aliphatic carbocycles. The van der Waals surface area contributed by atoms with E-state index in [0.717, 1.165) is 25.0 Å². The number of alkyl halides is 3. The Morgan fingerprint density at radius 2 is 1.80 bits per heavy atom. The largest absolute Gasteiger partial charge is 0.417 e. The van der Waals surface area contributed by atoms with Gasteiger partial charge < -0.3 is 10.6 Å². The average Bonchev–Trinajstić information content (AvgIpc) is 2.66. The van der Waals surface area contributed by atoms with E-state index in [1.807, 2.05) is 6.92 Å². The third-order valence-corrected chi connectivity index (χ3v) is 4.35. The topological polar surface area (TPSA) is 70.6 Å². The Hall–Kier alpha value is -2.87. The summed E-state index contributed by atoms with van der Waals surface area (Å²) in [6.07, 6.45) is -3.09. The number of halogens is 4. The van der Waals surface area contributed by atoms with Crippen molar-refractivity contribution in [2.24, 2.45) is 4.99 Å². The normalized spacial score (nSPS) is 11.9. The first-order valence-electron chi connectivity index (χ1n) is 9.23. The van der Waals surface area contributed by atoms with Gasteiger partial charge >= 0.3 is 6.18 Å². The highest BCUT2D eigenvalue weighted by Gasteiger charge is 2.33. The monoisotopic (exact) mass is 439 g/mol. The van der Waals surface area contributed by atoms with Crippen LogP contribution in [0.1, 0.15) is 37.8 Å². The first kappa shape index (κ1) is 23.4. The van der Waals surface area contributed by atoms with Crippen molar-refractivity contribution in [1.29, 1.82) is 0 Å². The molecule has 30 heavy (non-hydrogen) atoms. The zero-order valence-electron chi connectivity index (χ0n) is 16.4. The summed E-state index contributed by atoms with van der Waals surface area (Å²) in [5, 5.41) is 4.62. The first-order valence-corrected chi connectivity index (χ1v) is 9.60. The maximum Gasteiger partial charge on any atom is 0.417 e. The number of hydrogen-bond donors (Lipinski definition) is 2. The van der Waals surface area contributed by atoms with Gasteiger partial charge in [0.2, 0.25) is 5.91 Å². The highest BCUT2D eigenvalue weighted by Crippen LogP contribution is 2.36. The van der Waals surface area contributed by atoms with Crippen molar-refractivity contribution in [2.45, 2.75) is 32.9 Å². The zero-order valence-corrected chi connectivity index (χ0v) is 17.2. The second-order valence-corrected chi connectivity index (χ2v) is 6.86. The van der Waals surface area contributed by atoms with Gasteiger partial charge in [0.05, 0.1) is 16.3 Å². The molecule has 0 aromatic heterocycles. The molecule has 0 spiro atoms. The van der Waals surface area contributed by atoms with Crippen LogP contribution >= 0.6 is 11.6 Å². The van der Waals surface area contributed by atoms with Gasteiger partial charge in [0, 0.05) is 24.7 Å². The Morgan fingerprint density at radius 1 is 1.10 bits per heavy atom. The van der Waals surface area contributed by atoms with Crippen LogP contribution in [0, 0.1) is 0 Å². The molecule has 0 saturated heterocycles. The second-order valence-electron chi connectivity index (χ2n) is 6.46. The molecule has 0 atom stereocenters. The second kappa shape index (κ2) is 10.2. The lowest BCUT2D eigenvalue weighted by molar-refractivity contribution is -0.137. The maximum atomic E-state index is 13.1. The first-order chi connectivity index (χ1) is 14.1. The molecule has 0 aliphatic heterocycles. The van der Waals surface area contributed by atoms with Crippen molar-refractivity contribution in [3.63, 3.8) is 0 Å². The SMILES string of the molecule is CCCCN=C(C(=O)Nc1ccc(Cl)c(C(F)(F)F)c1)c1ccccc1NC(C)=O. The van der Waals surface area contributed by atoms with Gasteiger partial charge in [0.1, 0.15) is 5.71 Å².